The first kappa shape index (κ1) is 33.0. The van der Waals surface area contributed by atoms with Crippen LogP contribution in [0.4, 0.5) is 5.69 Å². The van der Waals surface area contributed by atoms with Crippen LogP contribution in [-0.2, 0) is 15.6 Å². The molecule has 0 bridgehead atoms. The fourth-order valence-corrected chi connectivity index (χ4v) is 5.63. The SMILES string of the molecule is C=O.CC(C)(CN)c1ccccc1Br.CC(c1ccccc1)N1CC(C)(C)c2ccccc21.Cc1ccccc1. The fraction of sp³-hybridized carbons (Fsp3) is 0.306. The molecule has 40 heavy (non-hydrogen) atoms. The largest absolute Gasteiger partial charge is 0.364 e. The van der Waals surface area contributed by atoms with Gasteiger partial charge in [0.25, 0.3) is 0 Å². The molecule has 1 aliphatic heterocycles. The number of carbonyl (C=O) groups excluding carboxylic acids is 1. The number of hydrogen-bond acceptors (Lipinski definition) is 3. The lowest BCUT2D eigenvalue weighted by Crippen LogP contribution is -2.30. The molecule has 3 nitrogen and oxygen atoms in total. The lowest BCUT2D eigenvalue weighted by Gasteiger charge is -2.29. The molecular formula is C36H45BrN2O. The van der Waals surface area contributed by atoms with Crippen molar-refractivity contribution in [3.8, 4) is 0 Å². The number of nitrogens with zero attached hydrogens (tertiary/aromatic N) is 1. The van der Waals surface area contributed by atoms with Gasteiger partial charge in [0, 0.05) is 34.1 Å². The van der Waals surface area contributed by atoms with Gasteiger partial charge >= 0.3 is 0 Å². The van der Waals surface area contributed by atoms with E-state index in [9.17, 15) is 0 Å². The molecule has 0 aromatic heterocycles. The Balaban J connectivity index is 0.000000228. The van der Waals surface area contributed by atoms with Gasteiger partial charge in [-0.05, 0) is 42.7 Å². The Morgan fingerprint density at radius 3 is 1.88 bits per heavy atom. The number of carbonyl (C=O) groups is 1. The predicted molar refractivity (Wildman–Crippen MR) is 176 cm³/mol. The number of hydrogen-bond donors (Lipinski definition) is 1. The van der Waals surface area contributed by atoms with Crippen LogP contribution in [0.2, 0.25) is 0 Å². The van der Waals surface area contributed by atoms with Crippen molar-refractivity contribution in [2.45, 2.75) is 58.4 Å². The van der Waals surface area contributed by atoms with E-state index in [0.29, 0.717) is 12.6 Å². The van der Waals surface area contributed by atoms with Crippen LogP contribution in [0.1, 0.15) is 62.9 Å². The van der Waals surface area contributed by atoms with Crippen LogP contribution >= 0.6 is 15.9 Å². The summed E-state index contributed by atoms with van der Waals surface area (Å²) in [5.41, 5.74) is 12.8. The Kier molecular flexibility index (Phi) is 12.8. The van der Waals surface area contributed by atoms with Crippen LogP contribution in [0.5, 0.6) is 0 Å². The van der Waals surface area contributed by atoms with Gasteiger partial charge < -0.3 is 15.4 Å². The number of halogens is 1. The summed E-state index contributed by atoms with van der Waals surface area (Å²) in [6.07, 6.45) is 0. The van der Waals surface area contributed by atoms with E-state index in [1.807, 2.05) is 43.2 Å². The molecule has 1 atom stereocenters. The zero-order valence-electron chi connectivity index (χ0n) is 24.9. The van der Waals surface area contributed by atoms with Crippen LogP contribution in [0, 0.1) is 6.92 Å². The molecule has 0 saturated heterocycles. The summed E-state index contributed by atoms with van der Waals surface area (Å²) in [6, 6.07) is 38.5. The monoisotopic (exact) mass is 600 g/mol. The highest BCUT2D eigenvalue weighted by molar-refractivity contribution is 9.10. The van der Waals surface area contributed by atoms with Crippen LogP contribution in [0.25, 0.3) is 0 Å². The van der Waals surface area contributed by atoms with Crippen molar-refractivity contribution < 1.29 is 4.79 Å². The molecule has 1 unspecified atom stereocenters. The number of rotatable bonds is 4. The maximum Gasteiger partial charge on any atom is 0.106 e. The van der Waals surface area contributed by atoms with Gasteiger partial charge in [-0.25, -0.2) is 0 Å². The first-order valence-electron chi connectivity index (χ1n) is 13.7. The van der Waals surface area contributed by atoms with Gasteiger partial charge in [0.2, 0.25) is 0 Å². The highest BCUT2D eigenvalue weighted by Crippen LogP contribution is 2.43. The van der Waals surface area contributed by atoms with Crippen molar-refractivity contribution >= 4 is 28.4 Å². The second-order valence-corrected chi connectivity index (χ2v) is 12.2. The van der Waals surface area contributed by atoms with E-state index in [-0.39, 0.29) is 10.8 Å². The summed E-state index contributed by atoms with van der Waals surface area (Å²) in [5.74, 6) is 0. The van der Waals surface area contributed by atoms with E-state index in [1.165, 1.54) is 27.9 Å². The molecular weight excluding hydrogens is 556 g/mol. The minimum atomic E-state index is 0.0556. The fourth-order valence-electron chi connectivity index (χ4n) is 4.80. The van der Waals surface area contributed by atoms with E-state index in [4.69, 9.17) is 10.5 Å². The molecule has 1 aliphatic rings. The van der Waals surface area contributed by atoms with Crippen LogP contribution < -0.4 is 10.6 Å². The highest BCUT2D eigenvalue weighted by atomic mass is 79.9. The lowest BCUT2D eigenvalue weighted by molar-refractivity contribution is -0.0980. The van der Waals surface area contributed by atoms with Gasteiger partial charge in [-0.3, -0.25) is 0 Å². The first-order chi connectivity index (χ1) is 19.1. The molecule has 0 amide bonds. The second-order valence-electron chi connectivity index (χ2n) is 11.3. The van der Waals surface area contributed by atoms with E-state index in [1.54, 1.807) is 0 Å². The lowest BCUT2D eigenvalue weighted by atomic mass is 9.85. The van der Waals surface area contributed by atoms with Gasteiger partial charge in [-0.1, -0.05) is 146 Å². The molecule has 0 radical (unpaired) electrons. The Labute approximate surface area is 250 Å². The summed E-state index contributed by atoms with van der Waals surface area (Å²) in [5, 5.41) is 0. The van der Waals surface area contributed by atoms with Crippen molar-refractivity contribution in [3.63, 3.8) is 0 Å². The standard InChI is InChI=1S/C18H21N.C10H14BrN.C7H8.CH2O/c1-14(15-9-5-4-6-10-15)19-13-18(2,3)16-11-7-8-12-17(16)19;1-10(2,7-12)8-5-3-4-6-9(8)11;1-7-5-3-2-4-6-7;1-2/h4-12,14H,13H2,1-3H3;3-6H,7,12H2,1-2H3;2-6H,1H3;1H2. The summed E-state index contributed by atoms with van der Waals surface area (Å²) < 4.78 is 1.14. The molecule has 4 aromatic rings. The smallest absolute Gasteiger partial charge is 0.106 e. The summed E-state index contributed by atoms with van der Waals surface area (Å²) in [7, 11) is 0. The van der Waals surface area contributed by atoms with Crippen LogP contribution in [0.15, 0.2) is 114 Å². The average molecular weight is 602 g/mol. The topological polar surface area (TPSA) is 46.3 Å². The molecule has 5 rings (SSSR count). The van der Waals surface area contributed by atoms with Crippen LogP contribution in [0.3, 0.4) is 0 Å². The molecule has 2 N–H and O–H groups in total. The van der Waals surface area contributed by atoms with Gasteiger partial charge in [0.05, 0.1) is 6.04 Å². The van der Waals surface area contributed by atoms with E-state index in [2.05, 4.69) is 135 Å². The van der Waals surface area contributed by atoms with Crippen molar-refractivity contribution in [2.75, 3.05) is 18.0 Å². The van der Waals surface area contributed by atoms with E-state index >= 15 is 0 Å². The molecule has 0 spiro atoms. The molecule has 0 saturated carbocycles. The van der Waals surface area contributed by atoms with E-state index < -0.39 is 0 Å². The number of nitrogens with two attached hydrogens (primary N) is 1. The zero-order valence-corrected chi connectivity index (χ0v) is 26.5. The number of benzene rings is 4. The number of anilines is 1. The molecule has 212 valence electrons. The van der Waals surface area contributed by atoms with Crippen molar-refractivity contribution in [1.29, 1.82) is 0 Å². The molecule has 0 aliphatic carbocycles. The Morgan fingerprint density at radius 1 is 0.850 bits per heavy atom. The van der Waals surface area contributed by atoms with Crippen LogP contribution in [-0.4, -0.2) is 19.9 Å². The minimum Gasteiger partial charge on any atom is -0.364 e. The average Bonchev–Trinajstić information content (AvgIpc) is 3.26. The zero-order chi connectivity index (χ0) is 29.8. The number of aryl methyl sites for hydroxylation is 1. The third-order valence-electron chi connectivity index (χ3n) is 7.31. The number of para-hydroxylation sites is 1. The van der Waals surface area contributed by atoms with Gasteiger partial charge in [0.15, 0.2) is 0 Å². The molecule has 4 heteroatoms. The highest BCUT2D eigenvalue weighted by Gasteiger charge is 2.36. The van der Waals surface area contributed by atoms with E-state index in [0.717, 1.165) is 11.0 Å². The maximum absolute atomic E-state index is 8.00. The van der Waals surface area contributed by atoms with Crippen molar-refractivity contribution in [3.05, 3.63) is 136 Å². The normalized spacial score (nSPS) is 13.8. The maximum atomic E-state index is 8.00. The molecule has 0 fully saturated rings. The minimum absolute atomic E-state index is 0.0556. The Bertz CT molecular complexity index is 1290. The summed E-state index contributed by atoms with van der Waals surface area (Å²) in [4.78, 5) is 10.5. The Hall–Kier alpha value is -3.21. The third-order valence-corrected chi connectivity index (χ3v) is 8.00. The van der Waals surface area contributed by atoms with Crippen molar-refractivity contribution in [1.82, 2.24) is 0 Å². The third kappa shape index (κ3) is 8.90. The summed E-state index contributed by atoms with van der Waals surface area (Å²) >= 11 is 3.52. The first-order valence-corrected chi connectivity index (χ1v) is 14.5. The Morgan fingerprint density at radius 2 is 1.35 bits per heavy atom. The number of fused-ring (bicyclic) bond motifs is 1. The quantitative estimate of drug-likeness (QED) is 0.254. The van der Waals surface area contributed by atoms with Gasteiger partial charge in [-0.15, -0.1) is 0 Å². The van der Waals surface area contributed by atoms with Crippen molar-refractivity contribution in [2.24, 2.45) is 5.73 Å². The summed E-state index contributed by atoms with van der Waals surface area (Å²) in [6.45, 7) is 17.1. The van der Waals surface area contributed by atoms with Gasteiger partial charge in [0.1, 0.15) is 6.79 Å². The molecule has 1 heterocycles. The van der Waals surface area contributed by atoms with Gasteiger partial charge in [-0.2, -0.15) is 0 Å². The second kappa shape index (κ2) is 15.5. The molecule has 4 aromatic carbocycles. The predicted octanol–water partition coefficient (Wildman–Crippen LogP) is 9.04.